The van der Waals surface area contributed by atoms with Crippen LogP contribution in [0.15, 0.2) is 71.8 Å². The zero-order chi connectivity index (χ0) is 17.9. The Balaban J connectivity index is 1.65. The quantitative estimate of drug-likeness (QED) is 0.557. The third-order valence-electron chi connectivity index (χ3n) is 3.91. The van der Waals surface area contributed by atoms with E-state index in [1.54, 1.807) is 24.3 Å². The van der Waals surface area contributed by atoms with E-state index in [0.29, 0.717) is 17.2 Å². The summed E-state index contributed by atoms with van der Waals surface area (Å²) in [7, 11) is 0. The molecule has 6 nitrogen and oxygen atoms in total. The summed E-state index contributed by atoms with van der Waals surface area (Å²) < 4.78 is 3.03. The second-order valence-electron chi connectivity index (χ2n) is 5.67. The van der Waals surface area contributed by atoms with Crippen molar-refractivity contribution in [1.82, 2.24) is 24.5 Å². The van der Waals surface area contributed by atoms with Gasteiger partial charge in [-0.1, -0.05) is 59.3 Å². The van der Waals surface area contributed by atoms with Crippen molar-refractivity contribution < 1.29 is 0 Å². The molecule has 0 fully saturated rings. The second kappa shape index (κ2) is 6.93. The van der Waals surface area contributed by atoms with E-state index >= 15 is 0 Å². The van der Waals surface area contributed by atoms with Gasteiger partial charge in [0.1, 0.15) is 6.33 Å². The van der Waals surface area contributed by atoms with Crippen LogP contribution in [-0.4, -0.2) is 24.5 Å². The molecule has 0 radical (unpaired) electrons. The van der Waals surface area contributed by atoms with Crippen LogP contribution in [0, 0.1) is 0 Å². The van der Waals surface area contributed by atoms with Crippen molar-refractivity contribution in [3.05, 3.63) is 87.9 Å². The summed E-state index contributed by atoms with van der Waals surface area (Å²) in [5, 5.41) is 8.68. The van der Waals surface area contributed by atoms with E-state index in [-0.39, 0.29) is 11.1 Å². The molecule has 0 aliphatic heterocycles. The molecule has 0 N–H and O–H groups in total. The molecule has 0 amide bonds. The maximum atomic E-state index is 12.6. The Kier molecular flexibility index (Phi) is 4.33. The molecule has 2 aromatic carbocycles. The minimum absolute atomic E-state index is 0.229. The number of nitrogens with zero attached hydrogens (tertiary/aromatic N) is 5. The van der Waals surface area contributed by atoms with Crippen molar-refractivity contribution in [3.8, 4) is 5.69 Å². The van der Waals surface area contributed by atoms with Gasteiger partial charge in [0.15, 0.2) is 11.2 Å². The van der Waals surface area contributed by atoms with E-state index in [9.17, 15) is 4.79 Å². The van der Waals surface area contributed by atoms with Crippen LogP contribution in [0.25, 0.3) is 22.9 Å². The van der Waals surface area contributed by atoms with Gasteiger partial charge in [-0.2, -0.15) is 4.68 Å². The molecule has 0 aliphatic carbocycles. The topological polar surface area (TPSA) is 65.6 Å². The number of hydrogen-bond donors (Lipinski definition) is 0. The average molecular weight is 364 g/mol. The SMILES string of the molecule is O=c1c2nnn(-c3ccc(Cl)cc3)c2ncn1C/C=C/c1ccccc1. The summed E-state index contributed by atoms with van der Waals surface area (Å²) in [6.45, 7) is 0.407. The van der Waals surface area contributed by atoms with Gasteiger partial charge in [0.2, 0.25) is 0 Å². The molecular weight excluding hydrogens is 350 g/mol. The van der Waals surface area contributed by atoms with Gasteiger partial charge in [0.05, 0.1) is 5.69 Å². The van der Waals surface area contributed by atoms with E-state index in [0.717, 1.165) is 11.3 Å². The predicted molar refractivity (Wildman–Crippen MR) is 101 cm³/mol. The van der Waals surface area contributed by atoms with Gasteiger partial charge < -0.3 is 0 Å². The number of halogens is 1. The highest BCUT2D eigenvalue weighted by Crippen LogP contribution is 2.15. The molecule has 0 bridgehead atoms. The number of benzene rings is 2. The highest BCUT2D eigenvalue weighted by atomic mass is 35.5. The number of rotatable bonds is 4. The Bertz CT molecular complexity index is 1130. The second-order valence-corrected chi connectivity index (χ2v) is 6.10. The van der Waals surface area contributed by atoms with E-state index in [4.69, 9.17) is 11.6 Å². The molecule has 4 aromatic rings. The molecule has 0 atom stereocenters. The Morgan fingerprint density at radius 3 is 2.58 bits per heavy atom. The molecule has 2 aromatic heterocycles. The molecule has 7 heteroatoms. The van der Waals surface area contributed by atoms with Gasteiger partial charge in [0.25, 0.3) is 5.56 Å². The van der Waals surface area contributed by atoms with Crippen molar-refractivity contribution in [3.63, 3.8) is 0 Å². The minimum atomic E-state index is -0.229. The highest BCUT2D eigenvalue weighted by Gasteiger charge is 2.12. The fourth-order valence-corrected chi connectivity index (χ4v) is 2.72. The summed E-state index contributed by atoms with van der Waals surface area (Å²) in [6.07, 6.45) is 5.38. The van der Waals surface area contributed by atoms with E-state index in [1.165, 1.54) is 15.6 Å². The molecule has 0 aliphatic rings. The van der Waals surface area contributed by atoms with Crippen LogP contribution in [0.3, 0.4) is 0 Å². The minimum Gasteiger partial charge on any atom is -0.293 e. The number of allylic oxidation sites excluding steroid dienone is 1. The fourth-order valence-electron chi connectivity index (χ4n) is 2.60. The van der Waals surface area contributed by atoms with Crippen LogP contribution in [0.2, 0.25) is 5.02 Å². The third-order valence-corrected chi connectivity index (χ3v) is 4.16. The smallest absolute Gasteiger partial charge is 0.283 e. The van der Waals surface area contributed by atoms with Crippen LogP contribution in [0.4, 0.5) is 0 Å². The van der Waals surface area contributed by atoms with E-state index < -0.39 is 0 Å². The first-order chi connectivity index (χ1) is 12.7. The third kappa shape index (κ3) is 3.14. The van der Waals surface area contributed by atoms with Crippen LogP contribution in [0.5, 0.6) is 0 Å². The van der Waals surface area contributed by atoms with Crippen molar-refractivity contribution in [1.29, 1.82) is 0 Å². The fraction of sp³-hybridized carbons (Fsp3) is 0.0526. The van der Waals surface area contributed by atoms with E-state index in [2.05, 4.69) is 15.3 Å². The predicted octanol–water partition coefficient (Wildman–Crippen LogP) is 3.34. The van der Waals surface area contributed by atoms with E-state index in [1.807, 2.05) is 42.5 Å². The molecule has 4 rings (SSSR count). The van der Waals surface area contributed by atoms with Gasteiger partial charge >= 0.3 is 0 Å². The van der Waals surface area contributed by atoms with Crippen LogP contribution in [-0.2, 0) is 6.54 Å². The number of fused-ring (bicyclic) bond motifs is 1. The lowest BCUT2D eigenvalue weighted by molar-refractivity contribution is 0.765. The Morgan fingerprint density at radius 2 is 1.81 bits per heavy atom. The van der Waals surface area contributed by atoms with Gasteiger partial charge in [0, 0.05) is 11.6 Å². The first-order valence-electron chi connectivity index (χ1n) is 8.01. The molecule has 0 unspecified atom stereocenters. The summed E-state index contributed by atoms with van der Waals surface area (Å²) in [5.74, 6) is 0. The first-order valence-corrected chi connectivity index (χ1v) is 8.38. The van der Waals surface area contributed by atoms with Crippen molar-refractivity contribution in [2.45, 2.75) is 6.54 Å². The van der Waals surface area contributed by atoms with Gasteiger partial charge in [-0.25, -0.2) is 4.98 Å². The van der Waals surface area contributed by atoms with Crippen molar-refractivity contribution >= 4 is 28.8 Å². The maximum absolute atomic E-state index is 12.6. The zero-order valence-electron chi connectivity index (χ0n) is 13.7. The average Bonchev–Trinajstić information content (AvgIpc) is 3.10. The molecular formula is C19H14ClN5O. The molecule has 26 heavy (non-hydrogen) atoms. The summed E-state index contributed by atoms with van der Waals surface area (Å²) in [6, 6.07) is 17.0. The van der Waals surface area contributed by atoms with Gasteiger partial charge in [-0.05, 0) is 29.8 Å². The van der Waals surface area contributed by atoms with Gasteiger partial charge in [-0.15, -0.1) is 5.10 Å². The number of hydrogen-bond acceptors (Lipinski definition) is 4. The normalized spacial score (nSPS) is 11.4. The summed E-state index contributed by atoms with van der Waals surface area (Å²) in [4.78, 5) is 17.0. The maximum Gasteiger partial charge on any atom is 0.283 e. The summed E-state index contributed by atoms with van der Waals surface area (Å²) in [5.41, 5.74) is 2.23. The highest BCUT2D eigenvalue weighted by molar-refractivity contribution is 6.30. The Labute approximate surface area is 154 Å². The largest absolute Gasteiger partial charge is 0.293 e. The number of aromatic nitrogens is 5. The van der Waals surface area contributed by atoms with Gasteiger partial charge in [-0.3, -0.25) is 9.36 Å². The van der Waals surface area contributed by atoms with Crippen LogP contribution < -0.4 is 5.56 Å². The lowest BCUT2D eigenvalue weighted by Gasteiger charge is -2.03. The molecule has 0 saturated heterocycles. The van der Waals surface area contributed by atoms with Crippen molar-refractivity contribution in [2.75, 3.05) is 0 Å². The Morgan fingerprint density at radius 1 is 1.04 bits per heavy atom. The first kappa shape index (κ1) is 16.2. The molecule has 2 heterocycles. The molecule has 0 spiro atoms. The zero-order valence-corrected chi connectivity index (χ0v) is 14.4. The molecule has 128 valence electrons. The molecule has 0 saturated carbocycles. The summed E-state index contributed by atoms with van der Waals surface area (Å²) >= 11 is 5.91. The standard InChI is InChI=1S/C19H14ClN5O/c20-15-8-10-16(11-9-15)25-18-17(22-23-25)19(26)24(13-21-18)12-4-7-14-5-2-1-3-6-14/h1-11,13H,12H2/b7-4+. The lowest BCUT2D eigenvalue weighted by atomic mass is 10.2. The Hall–Kier alpha value is -3.25. The van der Waals surface area contributed by atoms with Crippen molar-refractivity contribution in [2.24, 2.45) is 0 Å². The van der Waals surface area contributed by atoms with Crippen LogP contribution >= 0.6 is 11.6 Å². The lowest BCUT2D eigenvalue weighted by Crippen LogP contribution is -2.20. The monoisotopic (exact) mass is 363 g/mol. The van der Waals surface area contributed by atoms with Crippen LogP contribution in [0.1, 0.15) is 5.56 Å².